The first-order valence-corrected chi connectivity index (χ1v) is 14.4. The Hall–Kier alpha value is -4.95. The third-order valence-corrected chi connectivity index (χ3v) is 7.19. The highest BCUT2D eigenvalue weighted by Crippen LogP contribution is 2.35. The summed E-state index contributed by atoms with van der Waals surface area (Å²) in [7, 11) is 1.61. The van der Waals surface area contributed by atoms with Gasteiger partial charge >= 0.3 is 0 Å². The molecule has 8 heteroatoms. The van der Waals surface area contributed by atoms with E-state index >= 15 is 4.39 Å². The smallest absolute Gasteiger partial charge is 0.229 e. The molecule has 5 rings (SSSR count). The summed E-state index contributed by atoms with van der Waals surface area (Å²) in [6.45, 7) is 7.82. The molecule has 0 aliphatic carbocycles. The molecule has 0 fully saturated rings. The molecule has 0 aliphatic rings. The van der Waals surface area contributed by atoms with Crippen LogP contribution < -0.4 is 20.1 Å². The maximum absolute atomic E-state index is 15.3. The zero-order valence-corrected chi connectivity index (χ0v) is 24.7. The predicted molar refractivity (Wildman–Crippen MR) is 172 cm³/mol. The number of benzene rings is 4. The van der Waals surface area contributed by atoms with Gasteiger partial charge in [-0.1, -0.05) is 68.4 Å². The maximum Gasteiger partial charge on any atom is 0.229 e. The van der Waals surface area contributed by atoms with Gasteiger partial charge in [-0.15, -0.1) is 0 Å². The summed E-state index contributed by atoms with van der Waals surface area (Å²) in [5.41, 5.74) is 4.17. The highest BCUT2D eigenvalue weighted by Gasteiger charge is 2.15. The Morgan fingerprint density at radius 2 is 1.53 bits per heavy atom. The molecule has 0 unspecified atom stereocenters. The molecular weight excluding hydrogens is 541 g/mol. The lowest BCUT2D eigenvalue weighted by molar-refractivity contribution is 0.223. The van der Waals surface area contributed by atoms with Crippen molar-refractivity contribution in [2.24, 2.45) is 0 Å². The van der Waals surface area contributed by atoms with Crippen molar-refractivity contribution < 1.29 is 13.9 Å². The van der Waals surface area contributed by atoms with Crippen molar-refractivity contribution in [2.45, 2.75) is 13.8 Å². The van der Waals surface area contributed by atoms with Gasteiger partial charge in [-0.2, -0.15) is 4.98 Å². The molecule has 5 aromatic rings. The zero-order chi connectivity index (χ0) is 30.0. The summed E-state index contributed by atoms with van der Waals surface area (Å²) >= 11 is 0. The van der Waals surface area contributed by atoms with Crippen LogP contribution in [0, 0.1) is 5.82 Å². The van der Waals surface area contributed by atoms with E-state index in [0.717, 1.165) is 42.3 Å². The molecule has 4 aromatic carbocycles. The topological polar surface area (TPSA) is 71.5 Å². The van der Waals surface area contributed by atoms with Crippen LogP contribution in [0.5, 0.6) is 11.5 Å². The van der Waals surface area contributed by atoms with Gasteiger partial charge in [0, 0.05) is 29.6 Å². The van der Waals surface area contributed by atoms with Crippen LogP contribution in [-0.2, 0) is 0 Å². The van der Waals surface area contributed by atoms with Gasteiger partial charge in [0.15, 0.2) is 0 Å². The molecule has 0 saturated heterocycles. The SMILES string of the molecule is CCN(CC)CCOc1ccc(Nc2ncc(-c3ccc(-c4ccccc4)c(F)c3)c(Nc3ccccc3OC)n2)cc1. The third kappa shape index (κ3) is 7.47. The number of anilines is 4. The number of ether oxygens (including phenoxy) is 2. The lowest BCUT2D eigenvalue weighted by Gasteiger charge is -2.18. The Morgan fingerprint density at radius 1 is 0.791 bits per heavy atom. The standard InChI is InChI=1S/C35H36FN5O2/c1-4-41(5-2)21-22-43-28-18-16-27(17-19-28)38-35-37-24-30(34(40-35)39-32-13-9-10-14-33(32)42-3)26-15-20-29(31(36)23-26)25-11-7-6-8-12-25/h6-20,23-24H,4-5,21-22H2,1-3H3,(H2,37,38,39,40). The number of nitrogens with zero attached hydrogens (tertiary/aromatic N) is 3. The summed E-state index contributed by atoms with van der Waals surface area (Å²) in [5.74, 6) is 2.02. The Morgan fingerprint density at radius 3 is 2.26 bits per heavy atom. The van der Waals surface area contributed by atoms with Gasteiger partial charge in [0.2, 0.25) is 5.95 Å². The van der Waals surface area contributed by atoms with E-state index in [-0.39, 0.29) is 5.82 Å². The molecule has 1 heterocycles. The van der Waals surface area contributed by atoms with Crippen LogP contribution in [0.2, 0.25) is 0 Å². The van der Waals surface area contributed by atoms with Crippen molar-refractivity contribution in [3.05, 3.63) is 109 Å². The first kappa shape index (κ1) is 29.5. The normalized spacial score (nSPS) is 10.9. The van der Waals surface area contributed by atoms with Gasteiger partial charge in [0.05, 0.1) is 12.8 Å². The van der Waals surface area contributed by atoms with Crippen molar-refractivity contribution >= 4 is 23.1 Å². The summed E-state index contributed by atoms with van der Waals surface area (Å²) < 4.78 is 26.8. The Bertz CT molecular complexity index is 1630. The number of methoxy groups -OCH3 is 1. The van der Waals surface area contributed by atoms with Crippen LogP contribution in [0.15, 0.2) is 103 Å². The van der Waals surface area contributed by atoms with E-state index in [9.17, 15) is 0 Å². The quantitative estimate of drug-likeness (QED) is 0.146. The number of halogens is 1. The predicted octanol–water partition coefficient (Wildman–Crippen LogP) is 8.17. The van der Waals surface area contributed by atoms with Gasteiger partial charge in [-0.25, -0.2) is 9.37 Å². The molecule has 220 valence electrons. The minimum atomic E-state index is -0.325. The molecule has 43 heavy (non-hydrogen) atoms. The molecule has 7 nitrogen and oxygen atoms in total. The van der Waals surface area contributed by atoms with E-state index in [1.54, 1.807) is 19.4 Å². The summed E-state index contributed by atoms with van der Waals surface area (Å²) in [5, 5.41) is 6.64. The van der Waals surface area contributed by atoms with E-state index in [4.69, 9.17) is 14.5 Å². The van der Waals surface area contributed by atoms with Gasteiger partial charge in [0.1, 0.15) is 29.7 Å². The Kier molecular flexibility index (Phi) is 9.82. The number of hydrogen-bond donors (Lipinski definition) is 2. The average molecular weight is 578 g/mol. The van der Waals surface area contributed by atoms with E-state index in [0.29, 0.717) is 40.8 Å². The van der Waals surface area contributed by atoms with E-state index in [2.05, 4.69) is 34.4 Å². The van der Waals surface area contributed by atoms with Crippen molar-refractivity contribution in [1.82, 2.24) is 14.9 Å². The van der Waals surface area contributed by atoms with Gasteiger partial charge in [-0.3, -0.25) is 0 Å². The summed E-state index contributed by atoms with van der Waals surface area (Å²) in [6, 6.07) is 29.9. The van der Waals surface area contributed by atoms with E-state index in [1.165, 1.54) is 6.07 Å². The van der Waals surface area contributed by atoms with Crippen molar-refractivity contribution in [3.8, 4) is 33.8 Å². The summed E-state index contributed by atoms with van der Waals surface area (Å²) in [6.07, 6.45) is 1.69. The first-order chi connectivity index (χ1) is 21.1. The van der Waals surface area contributed by atoms with Gasteiger partial charge < -0.3 is 25.0 Å². The fourth-order valence-electron chi connectivity index (χ4n) is 4.75. The van der Waals surface area contributed by atoms with Crippen LogP contribution in [-0.4, -0.2) is 48.2 Å². The summed E-state index contributed by atoms with van der Waals surface area (Å²) in [4.78, 5) is 11.7. The molecule has 0 bridgehead atoms. The molecule has 2 N–H and O–H groups in total. The lowest BCUT2D eigenvalue weighted by Crippen LogP contribution is -2.27. The Labute approximate surface area is 252 Å². The van der Waals surface area contributed by atoms with Gasteiger partial charge in [-0.05, 0) is 66.7 Å². The second kappa shape index (κ2) is 14.3. The lowest BCUT2D eigenvalue weighted by atomic mass is 10.0. The molecule has 0 amide bonds. The number of likely N-dealkylation sites (N-methyl/N-ethyl adjacent to an activating group) is 1. The largest absolute Gasteiger partial charge is 0.495 e. The maximum atomic E-state index is 15.3. The first-order valence-electron chi connectivity index (χ1n) is 14.4. The van der Waals surface area contributed by atoms with Gasteiger partial charge in [0.25, 0.3) is 0 Å². The zero-order valence-electron chi connectivity index (χ0n) is 24.7. The van der Waals surface area contributed by atoms with Crippen molar-refractivity contribution in [3.63, 3.8) is 0 Å². The number of para-hydroxylation sites is 2. The fourth-order valence-corrected chi connectivity index (χ4v) is 4.75. The Balaban J connectivity index is 1.40. The van der Waals surface area contributed by atoms with Crippen molar-refractivity contribution in [1.29, 1.82) is 0 Å². The molecule has 0 saturated carbocycles. The highest BCUT2D eigenvalue weighted by molar-refractivity contribution is 5.81. The van der Waals surface area contributed by atoms with Crippen LogP contribution in [0.25, 0.3) is 22.3 Å². The minimum Gasteiger partial charge on any atom is -0.495 e. The highest BCUT2D eigenvalue weighted by atomic mass is 19.1. The molecule has 0 aliphatic heterocycles. The number of nitrogens with one attached hydrogen (secondary N) is 2. The monoisotopic (exact) mass is 577 g/mol. The second-order valence-corrected chi connectivity index (χ2v) is 9.87. The number of aromatic nitrogens is 2. The molecular formula is C35H36FN5O2. The van der Waals surface area contributed by atoms with Crippen LogP contribution >= 0.6 is 0 Å². The molecule has 1 aromatic heterocycles. The average Bonchev–Trinajstić information content (AvgIpc) is 3.05. The third-order valence-electron chi connectivity index (χ3n) is 7.19. The van der Waals surface area contributed by atoms with Crippen LogP contribution in [0.1, 0.15) is 13.8 Å². The van der Waals surface area contributed by atoms with E-state index in [1.807, 2.05) is 84.9 Å². The number of hydrogen-bond acceptors (Lipinski definition) is 7. The van der Waals surface area contributed by atoms with E-state index < -0.39 is 0 Å². The molecule has 0 atom stereocenters. The fraction of sp³-hybridized carbons (Fsp3) is 0.200. The second-order valence-electron chi connectivity index (χ2n) is 9.87. The van der Waals surface area contributed by atoms with Crippen LogP contribution in [0.4, 0.5) is 27.5 Å². The number of rotatable bonds is 13. The molecule has 0 spiro atoms. The molecule has 0 radical (unpaired) electrons. The van der Waals surface area contributed by atoms with Crippen LogP contribution in [0.3, 0.4) is 0 Å². The minimum absolute atomic E-state index is 0.325. The van der Waals surface area contributed by atoms with Crippen molar-refractivity contribution in [2.75, 3.05) is 44.0 Å².